The molecule has 1 N–H and O–H groups in total. The summed E-state index contributed by atoms with van der Waals surface area (Å²) in [7, 11) is 0. The molecule has 0 spiro atoms. The molecule has 0 atom stereocenters. The molecule has 0 unspecified atom stereocenters. The summed E-state index contributed by atoms with van der Waals surface area (Å²) in [6.45, 7) is 6.82. The molecule has 3 aromatic heterocycles. The number of carbonyl (C=O) groups excluding carboxylic acids is 1. The molecule has 0 aliphatic rings. The zero-order valence-corrected chi connectivity index (χ0v) is 21.3. The monoisotopic (exact) mass is 498 g/mol. The van der Waals surface area contributed by atoms with Crippen molar-refractivity contribution in [2.45, 2.75) is 57.5 Å². The summed E-state index contributed by atoms with van der Waals surface area (Å²) in [5.41, 5.74) is 2.75. The maximum Gasteiger partial charge on any atom is 0.263 e. The molecule has 0 radical (unpaired) electrons. The number of aryl methyl sites for hydroxylation is 2. The summed E-state index contributed by atoms with van der Waals surface area (Å²) in [5, 5.41) is 7.12. The SMILES string of the molecule is CCCCn1c(SCc2csc(CC(=O)Nc3ccccc3)n2)nc2sc(C)c(C)c2c1=O. The summed E-state index contributed by atoms with van der Waals surface area (Å²) >= 11 is 4.59. The van der Waals surface area contributed by atoms with Crippen molar-refractivity contribution in [2.75, 3.05) is 5.32 Å². The highest BCUT2D eigenvalue weighted by molar-refractivity contribution is 7.98. The molecule has 0 fully saturated rings. The van der Waals surface area contributed by atoms with Crippen LogP contribution in [-0.4, -0.2) is 20.4 Å². The van der Waals surface area contributed by atoms with Crippen molar-refractivity contribution in [3.8, 4) is 0 Å². The van der Waals surface area contributed by atoms with Gasteiger partial charge in [-0.2, -0.15) is 0 Å². The van der Waals surface area contributed by atoms with E-state index in [1.165, 1.54) is 23.1 Å². The van der Waals surface area contributed by atoms with E-state index >= 15 is 0 Å². The first-order valence-electron chi connectivity index (χ1n) is 10.9. The molecule has 9 heteroatoms. The number of anilines is 1. The lowest BCUT2D eigenvalue weighted by Gasteiger charge is -2.11. The second-order valence-corrected chi connectivity index (χ2v) is 10.9. The van der Waals surface area contributed by atoms with Gasteiger partial charge in [-0.3, -0.25) is 14.2 Å². The fourth-order valence-electron chi connectivity index (χ4n) is 3.43. The lowest BCUT2D eigenvalue weighted by Crippen LogP contribution is -2.23. The predicted molar refractivity (Wildman–Crippen MR) is 139 cm³/mol. The normalized spacial score (nSPS) is 11.2. The van der Waals surface area contributed by atoms with Gasteiger partial charge in [-0.05, 0) is 38.0 Å². The predicted octanol–water partition coefficient (Wildman–Crippen LogP) is 5.80. The van der Waals surface area contributed by atoms with Gasteiger partial charge in [0.2, 0.25) is 5.91 Å². The topological polar surface area (TPSA) is 76.9 Å². The first-order chi connectivity index (χ1) is 16.0. The summed E-state index contributed by atoms with van der Waals surface area (Å²) in [5.74, 6) is 0.517. The summed E-state index contributed by atoms with van der Waals surface area (Å²) in [4.78, 5) is 37.0. The van der Waals surface area contributed by atoms with Crippen LogP contribution in [-0.2, 0) is 23.5 Å². The van der Waals surface area contributed by atoms with E-state index in [2.05, 4.69) is 17.2 Å². The molecule has 6 nitrogen and oxygen atoms in total. The molecular weight excluding hydrogens is 472 g/mol. The number of para-hydroxylation sites is 1. The third-order valence-corrected chi connectivity index (χ3v) is 8.32. The Hall–Kier alpha value is -2.49. The largest absolute Gasteiger partial charge is 0.326 e. The van der Waals surface area contributed by atoms with Crippen molar-refractivity contribution in [3.63, 3.8) is 0 Å². The second-order valence-electron chi connectivity index (χ2n) is 7.78. The fraction of sp³-hybridized carbons (Fsp3) is 0.333. The van der Waals surface area contributed by atoms with Gasteiger partial charge in [-0.1, -0.05) is 43.3 Å². The van der Waals surface area contributed by atoms with Crippen LogP contribution in [0.25, 0.3) is 10.2 Å². The van der Waals surface area contributed by atoms with Gasteiger partial charge in [-0.25, -0.2) is 9.97 Å². The minimum absolute atomic E-state index is 0.0503. The van der Waals surface area contributed by atoms with Gasteiger partial charge >= 0.3 is 0 Å². The van der Waals surface area contributed by atoms with Crippen molar-refractivity contribution >= 4 is 56.2 Å². The molecular formula is C24H26N4O2S3. The van der Waals surface area contributed by atoms with Crippen LogP contribution in [0.5, 0.6) is 0 Å². The van der Waals surface area contributed by atoms with Crippen molar-refractivity contribution in [1.29, 1.82) is 0 Å². The highest BCUT2D eigenvalue weighted by Crippen LogP contribution is 2.30. The summed E-state index contributed by atoms with van der Waals surface area (Å²) in [6.07, 6.45) is 2.18. The van der Waals surface area contributed by atoms with E-state index in [0.29, 0.717) is 12.3 Å². The Morgan fingerprint density at radius 2 is 1.97 bits per heavy atom. The van der Waals surface area contributed by atoms with Crippen LogP contribution >= 0.6 is 34.4 Å². The van der Waals surface area contributed by atoms with Crippen LogP contribution in [0.1, 0.15) is 40.9 Å². The zero-order chi connectivity index (χ0) is 23.4. The Labute approximate surface area is 205 Å². The van der Waals surface area contributed by atoms with E-state index in [1.54, 1.807) is 11.3 Å². The van der Waals surface area contributed by atoms with Crippen molar-refractivity contribution in [2.24, 2.45) is 0 Å². The van der Waals surface area contributed by atoms with Crippen LogP contribution in [0.2, 0.25) is 0 Å². The number of nitrogens with zero attached hydrogens (tertiary/aromatic N) is 3. The van der Waals surface area contributed by atoms with Crippen LogP contribution in [0.3, 0.4) is 0 Å². The summed E-state index contributed by atoms with van der Waals surface area (Å²) < 4.78 is 1.82. The quantitative estimate of drug-likeness (QED) is 0.233. The van der Waals surface area contributed by atoms with Gasteiger partial charge in [0.05, 0.1) is 17.5 Å². The number of carbonyl (C=O) groups is 1. The first kappa shape index (κ1) is 23.7. The van der Waals surface area contributed by atoms with E-state index < -0.39 is 0 Å². The van der Waals surface area contributed by atoms with Gasteiger partial charge in [0.1, 0.15) is 9.84 Å². The third kappa shape index (κ3) is 5.54. The zero-order valence-electron chi connectivity index (χ0n) is 18.9. The number of unbranched alkanes of at least 4 members (excludes halogenated alkanes) is 1. The third-order valence-electron chi connectivity index (χ3n) is 5.31. The number of thiophene rings is 1. The molecule has 4 rings (SSSR count). The van der Waals surface area contributed by atoms with Crippen molar-refractivity contribution in [3.05, 3.63) is 67.2 Å². The molecule has 0 bridgehead atoms. The van der Waals surface area contributed by atoms with Crippen molar-refractivity contribution < 1.29 is 4.79 Å². The van der Waals surface area contributed by atoms with E-state index in [4.69, 9.17) is 4.98 Å². The molecule has 0 saturated heterocycles. The standard InChI is InChI=1S/C24H26N4O2S3/c1-4-5-11-28-23(30)21-15(2)16(3)33-22(21)27-24(28)32-14-18-13-31-20(26-18)12-19(29)25-17-9-7-6-8-10-17/h6-10,13H,4-5,11-12,14H2,1-3H3,(H,25,29). The van der Waals surface area contributed by atoms with Crippen LogP contribution in [0.4, 0.5) is 5.69 Å². The number of hydrogen-bond donors (Lipinski definition) is 1. The number of thioether (sulfide) groups is 1. The molecule has 0 aliphatic carbocycles. The Balaban J connectivity index is 1.47. The van der Waals surface area contributed by atoms with Gasteiger partial charge in [-0.15, -0.1) is 22.7 Å². The Morgan fingerprint density at radius 1 is 1.18 bits per heavy atom. The van der Waals surface area contributed by atoms with E-state index in [-0.39, 0.29) is 17.9 Å². The lowest BCUT2D eigenvalue weighted by molar-refractivity contribution is -0.115. The number of nitrogens with one attached hydrogen (secondary N) is 1. The van der Waals surface area contributed by atoms with E-state index in [9.17, 15) is 9.59 Å². The Morgan fingerprint density at radius 3 is 2.73 bits per heavy atom. The summed E-state index contributed by atoms with van der Waals surface area (Å²) in [6, 6.07) is 9.41. The Bertz CT molecular complexity index is 1320. The number of thiazole rings is 1. The maximum absolute atomic E-state index is 13.2. The van der Waals surface area contributed by atoms with Crippen LogP contribution in [0, 0.1) is 13.8 Å². The van der Waals surface area contributed by atoms with E-state index in [0.717, 1.165) is 55.0 Å². The molecule has 1 amide bonds. The minimum Gasteiger partial charge on any atom is -0.326 e. The van der Waals surface area contributed by atoms with Crippen LogP contribution in [0.15, 0.2) is 45.7 Å². The number of hydrogen-bond acceptors (Lipinski definition) is 7. The average molecular weight is 499 g/mol. The minimum atomic E-state index is -0.0845. The Kier molecular flexibility index (Phi) is 7.62. The van der Waals surface area contributed by atoms with E-state index in [1.807, 2.05) is 54.1 Å². The molecule has 4 aromatic rings. The molecule has 1 aromatic carbocycles. The van der Waals surface area contributed by atoms with Crippen LogP contribution < -0.4 is 10.9 Å². The lowest BCUT2D eigenvalue weighted by atomic mass is 10.2. The second kappa shape index (κ2) is 10.6. The first-order valence-corrected chi connectivity index (χ1v) is 13.6. The molecule has 33 heavy (non-hydrogen) atoms. The van der Waals surface area contributed by atoms with Gasteiger partial charge in [0.25, 0.3) is 5.56 Å². The molecule has 3 heterocycles. The number of rotatable bonds is 9. The molecule has 0 saturated carbocycles. The highest BCUT2D eigenvalue weighted by atomic mass is 32.2. The van der Waals surface area contributed by atoms with Crippen molar-refractivity contribution in [1.82, 2.24) is 14.5 Å². The molecule has 172 valence electrons. The fourth-order valence-corrected chi connectivity index (χ4v) is 6.32. The van der Waals surface area contributed by atoms with Gasteiger partial charge in [0.15, 0.2) is 5.16 Å². The number of aromatic nitrogens is 3. The number of amides is 1. The smallest absolute Gasteiger partial charge is 0.263 e. The number of benzene rings is 1. The number of fused-ring (bicyclic) bond motifs is 1. The van der Waals surface area contributed by atoms with Gasteiger partial charge in [0, 0.05) is 28.2 Å². The highest BCUT2D eigenvalue weighted by Gasteiger charge is 2.17. The maximum atomic E-state index is 13.2. The van der Waals surface area contributed by atoms with Gasteiger partial charge < -0.3 is 5.32 Å². The molecule has 0 aliphatic heterocycles. The average Bonchev–Trinajstić information content (AvgIpc) is 3.35.